The normalized spacial score (nSPS) is 11.2. The largest absolute Gasteiger partial charge is 0.290 e. The smallest absolute Gasteiger partial charge is 0.273 e. The monoisotopic (exact) mass is 420 g/mol. The first kappa shape index (κ1) is 22.2. The lowest BCUT2D eigenvalue weighted by Crippen LogP contribution is -2.43. The highest BCUT2D eigenvalue weighted by molar-refractivity contribution is 6.05. The van der Waals surface area contributed by atoms with Crippen molar-refractivity contribution < 1.29 is 9.59 Å². The van der Waals surface area contributed by atoms with E-state index in [-0.39, 0.29) is 29.6 Å². The molecular formula is C24H28N4O3. The second-order valence-corrected chi connectivity index (χ2v) is 8.33. The molecule has 31 heavy (non-hydrogen) atoms. The Balaban J connectivity index is 1.71. The summed E-state index contributed by atoms with van der Waals surface area (Å²) in [5.41, 5.74) is 6.77. The minimum Gasteiger partial charge on any atom is -0.273 e. The van der Waals surface area contributed by atoms with Gasteiger partial charge < -0.3 is 0 Å². The van der Waals surface area contributed by atoms with E-state index in [1.807, 2.05) is 38.1 Å². The number of carbonyl (C=O) groups excluding carboxylic acids is 2. The van der Waals surface area contributed by atoms with E-state index in [2.05, 4.69) is 29.8 Å². The molecule has 2 N–H and O–H groups in total. The molecule has 7 nitrogen and oxygen atoms in total. The van der Waals surface area contributed by atoms with Gasteiger partial charge in [0.15, 0.2) is 5.69 Å². The first-order valence-electron chi connectivity index (χ1n) is 10.4. The maximum Gasteiger partial charge on any atom is 0.290 e. The Labute approximate surface area is 181 Å². The Morgan fingerprint density at radius 1 is 0.903 bits per heavy atom. The van der Waals surface area contributed by atoms with Gasteiger partial charge in [-0.1, -0.05) is 56.3 Å². The van der Waals surface area contributed by atoms with Gasteiger partial charge in [0.05, 0.1) is 17.8 Å². The van der Waals surface area contributed by atoms with Crippen molar-refractivity contribution in [2.24, 2.45) is 5.92 Å². The van der Waals surface area contributed by atoms with Crippen LogP contribution in [0.15, 0.2) is 53.3 Å². The Morgan fingerprint density at radius 3 is 2.13 bits per heavy atom. The average molecular weight is 421 g/mol. The van der Waals surface area contributed by atoms with Gasteiger partial charge in [-0.15, -0.1) is 0 Å². The number of benzene rings is 2. The van der Waals surface area contributed by atoms with Crippen LogP contribution in [0.4, 0.5) is 0 Å². The van der Waals surface area contributed by atoms with Gasteiger partial charge in [0.25, 0.3) is 11.5 Å². The molecule has 0 aliphatic carbocycles. The number of hydrogen-bond donors (Lipinski definition) is 2. The van der Waals surface area contributed by atoms with Gasteiger partial charge in [-0.25, -0.2) is 4.68 Å². The van der Waals surface area contributed by atoms with E-state index in [0.29, 0.717) is 16.7 Å². The summed E-state index contributed by atoms with van der Waals surface area (Å²) in [4.78, 5) is 37.6. The summed E-state index contributed by atoms with van der Waals surface area (Å²) in [5.74, 6) is -0.350. The van der Waals surface area contributed by atoms with Crippen LogP contribution in [0.3, 0.4) is 0 Å². The number of carbonyl (C=O) groups is 2. The van der Waals surface area contributed by atoms with Gasteiger partial charge in [0.2, 0.25) is 5.91 Å². The molecule has 3 aromatic rings. The quantitative estimate of drug-likeness (QED) is 0.599. The topological polar surface area (TPSA) is 93.1 Å². The first-order chi connectivity index (χ1) is 14.8. The summed E-state index contributed by atoms with van der Waals surface area (Å²) in [6.45, 7) is 7.96. The molecule has 3 rings (SSSR count). The third-order valence-electron chi connectivity index (χ3n) is 4.88. The Hall–Kier alpha value is -3.48. The van der Waals surface area contributed by atoms with Crippen molar-refractivity contribution in [3.05, 3.63) is 75.7 Å². The molecule has 0 spiro atoms. The van der Waals surface area contributed by atoms with E-state index in [9.17, 15) is 14.4 Å². The van der Waals surface area contributed by atoms with Crippen molar-refractivity contribution in [3.63, 3.8) is 0 Å². The molecule has 1 aromatic heterocycles. The van der Waals surface area contributed by atoms with Gasteiger partial charge in [-0.2, -0.15) is 5.10 Å². The summed E-state index contributed by atoms with van der Waals surface area (Å²) in [7, 11) is 0. The van der Waals surface area contributed by atoms with Crippen LogP contribution in [0.2, 0.25) is 0 Å². The van der Waals surface area contributed by atoms with E-state index in [4.69, 9.17) is 0 Å². The summed E-state index contributed by atoms with van der Waals surface area (Å²) >= 11 is 0. The average Bonchev–Trinajstić information content (AvgIpc) is 2.73. The molecule has 7 heteroatoms. The minimum atomic E-state index is -0.578. The van der Waals surface area contributed by atoms with Crippen molar-refractivity contribution in [1.82, 2.24) is 20.6 Å². The Morgan fingerprint density at radius 2 is 1.52 bits per heavy atom. The van der Waals surface area contributed by atoms with Gasteiger partial charge in [-0.3, -0.25) is 25.2 Å². The summed E-state index contributed by atoms with van der Waals surface area (Å²) < 4.78 is 1.28. The SMILES string of the molecule is CC(C)Cc1ccc(CC(=O)NNC(=O)c2nn(C(C)C)c(=O)c3ccccc23)cc1. The highest BCUT2D eigenvalue weighted by Crippen LogP contribution is 2.15. The highest BCUT2D eigenvalue weighted by Gasteiger charge is 2.18. The third kappa shape index (κ3) is 5.36. The molecule has 0 atom stereocenters. The van der Waals surface area contributed by atoms with Crippen LogP contribution in [0.25, 0.3) is 10.8 Å². The number of hydrogen-bond acceptors (Lipinski definition) is 4. The lowest BCUT2D eigenvalue weighted by molar-refractivity contribution is -0.121. The molecule has 0 aliphatic rings. The highest BCUT2D eigenvalue weighted by atomic mass is 16.2. The van der Waals surface area contributed by atoms with Gasteiger partial charge in [0.1, 0.15) is 0 Å². The minimum absolute atomic E-state index is 0.0854. The molecule has 162 valence electrons. The van der Waals surface area contributed by atoms with Crippen LogP contribution in [-0.2, 0) is 17.6 Å². The van der Waals surface area contributed by atoms with Crippen LogP contribution < -0.4 is 16.4 Å². The van der Waals surface area contributed by atoms with E-state index in [1.54, 1.807) is 24.3 Å². The molecule has 0 radical (unpaired) electrons. The fourth-order valence-electron chi connectivity index (χ4n) is 3.40. The van der Waals surface area contributed by atoms with Crippen LogP contribution >= 0.6 is 0 Å². The van der Waals surface area contributed by atoms with Crippen molar-refractivity contribution in [3.8, 4) is 0 Å². The summed E-state index contributed by atoms with van der Waals surface area (Å²) in [6.07, 6.45) is 1.13. The van der Waals surface area contributed by atoms with Crippen molar-refractivity contribution in [1.29, 1.82) is 0 Å². The molecule has 0 saturated heterocycles. The van der Waals surface area contributed by atoms with Crippen LogP contribution in [-0.4, -0.2) is 21.6 Å². The number of rotatable bonds is 6. The van der Waals surface area contributed by atoms with Crippen LogP contribution in [0.5, 0.6) is 0 Å². The van der Waals surface area contributed by atoms with Gasteiger partial charge in [-0.05, 0) is 43.4 Å². The molecule has 0 saturated carbocycles. The predicted molar refractivity (Wildman–Crippen MR) is 121 cm³/mol. The van der Waals surface area contributed by atoms with Crippen molar-refractivity contribution in [2.45, 2.75) is 46.6 Å². The molecule has 0 fully saturated rings. The number of hydrazine groups is 1. The number of amides is 2. The number of aromatic nitrogens is 2. The van der Waals surface area contributed by atoms with Crippen molar-refractivity contribution in [2.75, 3.05) is 0 Å². The Kier molecular flexibility index (Phi) is 6.84. The zero-order valence-electron chi connectivity index (χ0n) is 18.3. The standard InChI is InChI=1S/C24H28N4O3/c1-15(2)13-17-9-11-18(12-10-17)14-21(29)25-26-23(30)22-19-7-5-6-8-20(19)24(31)28(27-22)16(3)4/h5-12,15-16H,13-14H2,1-4H3,(H,25,29)(H,26,30). The fourth-order valence-corrected chi connectivity index (χ4v) is 3.40. The molecule has 2 amide bonds. The van der Waals surface area contributed by atoms with E-state index >= 15 is 0 Å². The first-order valence-corrected chi connectivity index (χ1v) is 10.4. The molecule has 0 unspecified atom stereocenters. The zero-order chi connectivity index (χ0) is 22.5. The lowest BCUT2D eigenvalue weighted by Gasteiger charge is -2.14. The fraction of sp³-hybridized carbons (Fsp3) is 0.333. The van der Waals surface area contributed by atoms with Gasteiger partial charge >= 0.3 is 0 Å². The summed E-state index contributed by atoms with van der Waals surface area (Å²) in [6, 6.07) is 14.5. The zero-order valence-corrected chi connectivity index (χ0v) is 18.3. The van der Waals surface area contributed by atoms with Crippen LogP contribution in [0.1, 0.15) is 55.4 Å². The predicted octanol–water partition coefficient (Wildman–Crippen LogP) is 3.18. The van der Waals surface area contributed by atoms with E-state index in [1.165, 1.54) is 10.2 Å². The maximum absolute atomic E-state index is 12.7. The molecule has 2 aromatic carbocycles. The third-order valence-corrected chi connectivity index (χ3v) is 4.88. The second kappa shape index (κ2) is 9.55. The van der Waals surface area contributed by atoms with E-state index < -0.39 is 5.91 Å². The number of nitrogens with one attached hydrogen (secondary N) is 2. The molecule has 0 aliphatic heterocycles. The molecule has 1 heterocycles. The van der Waals surface area contributed by atoms with Crippen LogP contribution in [0, 0.1) is 5.92 Å². The second-order valence-electron chi connectivity index (χ2n) is 8.33. The Bertz CT molecular complexity index is 1150. The molecule has 0 bridgehead atoms. The summed E-state index contributed by atoms with van der Waals surface area (Å²) in [5, 5.41) is 5.08. The lowest BCUT2D eigenvalue weighted by atomic mass is 10.0. The van der Waals surface area contributed by atoms with E-state index in [0.717, 1.165) is 12.0 Å². The van der Waals surface area contributed by atoms with Gasteiger partial charge in [0, 0.05) is 5.39 Å². The van der Waals surface area contributed by atoms with Crippen molar-refractivity contribution >= 4 is 22.6 Å². The number of nitrogens with zero attached hydrogens (tertiary/aromatic N) is 2. The maximum atomic E-state index is 12.7. The number of fused-ring (bicyclic) bond motifs is 1. The molecular weight excluding hydrogens is 392 g/mol.